The summed E-state index contributed by atoms with van der Waals surface area (Å²) in [6.07, 6.45) is 0. The van der Waals surface area contributed by atoms with Gasteiger partial charge in [0.15, 0.2) is 9.84 Å². The summed E-state index contributed by atoms with van der Waals surface area (Å²) < 4.78 is 31.2. The van der Waals surface area contributed by atoms with E-state index in [4.69, 9.17) is 4.74 Å². The lowest BCUT2D eigenvalue weighted by molar-refractivity contribution is -0.387. The molecule has 0 bridgehead atoms. The summed E-state index contributed by atoms with van der Waals surface area (Å²) in [6.45, 7) is 3.96. The van der Waals surface area contributed by atoms with Crippen LogP contribution in [-0.2, 0) is 15.6 Å². The molecule has 0 aromatic heterocycles. The fourth-order valence-electron chi connectivity index (χ4n) is 4.18. The molecule has 1 heterocycles. The third-order valence-electron chi connectivity index (χ3n) is 6.22. The molecule has 3 aromatic carbocycles. The van der Waals surface area contributed by atoms with Crippen LogP contribution in [0.4, 0.5) is 11.4 Å². The fourth-order valence-corrected chi connectivity index (χ4v) is 5.70. The van der Waals surface area contributed by atoms with E-state index < -0.39 is 25.3 Å². The number of anilines is 1. The van der Waals surface area contributed by atoms with Gasteiger partial charge in [-0.1, -0.05) is 29.8 Å². The number of aryl methyl sites for hydroxylation is 1. The van der Waals surface area contributed by atoms with E-state index in [1.807, 2.05) is 31.2 Å². The topological polar surface area (TPSA) is 110 Å². The molecule has 0 saturated carbocycles. The van der Waals surface area contributed by atoms with Crippen LogP contribution in [0.5, 0.6) is 5.75 Å². The molecule has 0 radical (unpaired) electrons. The Balaban J connectivity index is 1.49. The van der Waals surface area contributed by atoms with Crippen LogP contribution < -0.4 is 9.64 Å². The van der Waals surface area contributed by atoms with Gasteiger partial charge >= 0.3 is 0 Å². The number of nitrogens with zero attached hydrogens (tertiary/aromatic N) is 3. The Kier molecular flexibility index (Phi) is 7.25. The number of hydrogen-bond acceptors (Lipinski definition) is 7. The molecule has 1 aliphatic rings. The van der Waals surface area contributed by atoms with Gasteiger partial charge in [-0.3, -0.25) is 14.9 Å². The van der Waals surface area contributed by atoms with E-state index in [0.717, 1.165) is 23.1 Å². The Morgan fingerprint density at radius 2 is 1.61 bits per heavy atom. The highest BCUT2D eigenvalue weighted by atomic mass is 32.2. The first-order valence-corrected chi connectivity index (χ1v) is 13.1. The highest BCUT2D eigenvalue weighted by Gasteiger charge is 2.29. The molecular formula is C26H27N3O6S. The third-order valence-corrected chi connectivity index (χ3v) is 7.95. The van der Waals surface area contributed by atoms with Crippen LogP contribution in [0.15, 0.2) is 71.6 Å². The molecule has 1 amide bonds. The van der Waals surface area contributed by atoms with Crippen molar-refractivity contribution < 1.29 is 22.9 Å². The van der Waals surface area contributed by atoms with Gasteiger partial charge in [0.25, 0.3) is 11.6 Å². The van der Waals surface area contributed by atoms with Crippen LogP contribution >= 0.6 is 0 Å². The van der Waals surface area contributed by atoms with E-state index in [-0.39, 0.29) is 17.2 Å². The van der Waals surface area contributed by atoms with Crippen LogP contribution in [0, 0.1) is 17.0 Å². The molecule has 1 fully saturated rings. The summed E-state index contributed by atoms with van der Waals surface area (Å²) in [6, 6.07) is 18.2. The normalized spacial score (nSPS) is 13.9. The maximum Gasteiger partial charge on any atom is 0.288 e. The van der Waals surface area contributed by atoms with Crippen LogP contribution in [0.1, 0.15) is 21.5 Å². The van der Waals surface area contributed by atoms with Gasteiger partial charge in [-0.15, -0.1) is 0 Å². The fraction of sp³-hybridized carbons (Fsp3) is 0.269. The van der Waals surface area contributed by atoms with Crippen molar-refractivity contribution in [3.05, 3.63) is 93.5 Å². The molecule has 188 valence electrons. The summed E-state index contributed by atoms with van der Waals surface area (Å²) in [7, 11) is -2.39. The van der Waals surface area contributed by atoms with Crippen molar-refractivity contribution in [2.45, 2.75) is 17.6 Å². The smallest absolute Gasteiger partial charge is 0.288 e. The number of ether oxygens (including phenoxy) is 1. The minimum atomic E-state index is -3.99. The van der Waals surface area contributed by atoms with Gasteiger partial charge in [-0.25, -0.2) is 8.42 Å². The van der Waals surface area contributed by atoms with Crippen molar-refractivity contribution in [2.24, 2.45) is 0 Å². The summed E-state index contributed by atoms with van der Waals surface area (Å²) in [5.74, 6) is 0.0304. The molecular weight excluding hydrogens is 482 g/mol. The number of amides is 1. The van der Waals surface area contributed by atoms with Crippen LogP contribution in [0.3, 0.4) is 0 Å². The van der Waals surface area contributed by atoms with Crippen LogP contribution in [-0.4, -0.2) is 57.4 Å². The third kappa shape index (κ3) is 5.49. The van der Waals surface area contributed by atoms with E-state index in [9.17, 15) is 23.3 Å². The number of sulfone groups is 1. The number of rotatable bonds is 7. The SMILES string of the molecule is COc1ccc(N2CCN(C(=O)c3ccc(S(=O)(=O)Cc4ccc(C)cc4)c([N+](=O)[O-])c3)CC2)cc1. The van der Waals surface area contributed by atoms with Gasteiger partial charge in [0, 0.05) is 43.5 Å². The predicted molar refractivity (Wildman–Crippen MR) is 136 cm³/mol. The Morgan fingerprint density at radius 1 is 0.972 bits per heavy atom. The number of hydrogen-bond donors (Lipinski definition) is 0. The number of carbonyl (C=O) groups excluding carboxylic acids is 1. The molecule has 10 heteroatoms. The minimum Gasteiger partial charge on any atom is -0.497 e. The summed E-state index contributed by atoms with van der Waals surface area (Å²) in [5.41, 5.74) is 2.03. The highest BCUT2D eigenvalue weighted by Crippen LogP contribution is 2.29. The monoisotopic (exact) mass is 509 g/mol. The van der Waals surface area contributed by atoms with Gasteiger partial charge in [-0.2, -0.15) is 0 Å². The zero-order valence-electron chi connectivity index (χ0n) is 20.1. The number of benzene rings is 3. The Labute approximate surface area is 210 Å². The molecule has 0 unspecified atom stereocenters. The quantitative estimate of drug-likeness (QED) is 0.351. The second kappa shape index (κ2) is 10.4. The van der Waals surface area contributed by atoms with E-state index in [0.29, 0.717) is 31.7 Å². The zero-order chi connectivity index (χ0) is 25.9. The predicted octanol–water partition coefficient (Wildman–Crippen LogP) is 3.85. The average Bonchev–Trinajstić information content (AvgIpc) is 2.89. The Morgan fingerprint density at radius 3 is 2.19 bits per heavy atom. The molecule has 3 aromatic rings. The van der Waals surface area contributed by atoms with Crippen LogP contribution in [0.2, 0.25) is 0 Å². The van der Waals surface area contributed by atoms with E-state index in [1.165, 1.54) is 12.1 Å². The van der Waals surface area contributed by atoms with Gasteiger partial charge < -0.3 is 14.5 Å². The van der Waals surface area contributed by atoms with Crippen LogP contribution in [0.25, 0.3) is 0 Å². The lowest BCUT2D eigenvalue weighted by Gasteiger charge is -2.36. The summed E-state index contributed by atoms with van der Waals surface area (Å²) in [5, 5.41) is 11.8. The second-order valence-electron chi connectivity index (χ2n) is 8.66. The molecule has 0 N–H and O–H groups in total. The molecule has 1 aliphatic heterocycles. The van der Waals surface area contributed by atoms with Gasteiger partial charge in [-0.05, 0) is 48.9 Å². The second-order valence-corrected chi connectivity index (χ2v) is 10.6. The molecule has 0 atom stereocenters. The van der Waals surface area contributed by atoms with Gasteiger partial charge in [0.1, 0.15) is 10.6 Å². The van der Waals surface area contributed by atoms with Crippen molar-refractivity contribution >= 4 is 27.1 Å². The van der Waals surface area contributed by atoms with Crippen molar-refractivity contribution in [3.8, 4) is 5.75 Å². The van der Waals surface area contributed by atoms with Crippen molar-refractivity contribution in [1.82, 2.24) is 4.90 Å². The molecule has 36 heavy (non-hydrogen) atoms. The summed E-state index contributed by atoms with van der Waals surface area (Å²) in [4.78, 5) is 27.5. The Hall–Kier alpha value is -3.92. The lowest BCUT2D eigenvalue weighted by atomic mass is 10.1. The van der Waals surface area contributed by atoms with Crippen molar-refractivity contribution in [1.29, 1.82) is 0 Å². The maximum atomic E-state index is 13.1. The van der Waals surface area contributed by atoms with E-state index in [1.54, 1.807) is 36.3 Å². The number of nitro groups is 1. The largest absolute Gasteiger partial charge is 0.497 e. The number of nitro benzene ring substituents is 1. The van der Waals surface area contributed by atoms with Gasteiger partial charge in [0.2, 0.25) is 0 Å². The average molecular weight is 510 g/mol. The van der Waals surface area contributed by atoms with Crippen molar-refractivity contribution in [2.75, 3.05) is 38.2 Å². The molecule has 0 spiro atoms. The lowest BCUT2D eigenvalue weighted by Crippen LogP contribution is -2.48. The Bertz CT molecular complexity index is 1360. The molecule has 0 aliphatic carbocycles. The van der Waals surface area contributed by atoms with Crippen molar-refractivity contribution in [3.63, 3.8) is 0 Å². The zero-order valence-corrected chi connectivity index (χ0v) is 20.9. The van der Waals surface area contributed by atoms with Gasteiger partial charge in [0.05, 0.1) is 17.8 Å². The standard InChI is InChI=1S/C26H27N3O6S/c1-19-3-5-20(6-4-19)18-36(33,34)25-12-7-21(17-24(25)29(31)32)26(30)28-15-13-27(14-16-28)22-8-10-23(35-2)11-9-22/h3-12,17H,13-16,18H2,1-2H3. The molecule has 4 rings (SSSR count). The first-order chi connectivity index (χ1) is 17.2. The number of piperazine rings is 1. The van der Waals surface area contributed by atoms with E-state index >= 15 is 0 Å². The number of methoxy groups -OCH3 is 1. The summed E-state index contributed by atoms with van der Waals surface area (Å²) >= 11 is 0. The van der Waals surface area contributed by atoms with E-state index in [2.05, 4.69) is 4.90 Å². The minimum absolute atomic E-state index is 0.0916. The number of carbonyl (C=O) groups is 1. The maximum absolute atomic E-state index is 13.1. The molecule has 9 nitrogen and oxygen atoms in total. The molecule has 1 saturated heterocycles. The first-order valence-electron chi connectivity index (χ1n) is 11.4. The first kappa shape index (κ1) is 25.2. The highest BCUT2D eigenvalue weighted by molar-refractivity contribution is 7.90.